The lowest BCUT2D eigenvalue weighted by molar-refractivity contribution is 0.322. The highest BCUT2D eigenvalue weighted by Crippen LogP contribution is 2.40. The summed E-state index contributed by atoms with van der Waals surface area (Å²) in [7, 11) is 0. The number of hydrogen-bond donors (Lipinski definition) is 1. The second kappa shape index (κ2) is 5.20. The zero-order valence-corrected chi connectivity index (χ0v) is 13.1. The Balaban J connectivity index is 1.80. The topological polar surface area (TPSA) is 59.4 Å². The molecule has 3 aromatic heterocycles. The normalized spacial score (nSPS) is 16.5. The molecule has 0 saturated carbocycles. The maximum absolute atomic E-state index is 13.9. The van der Waals surface area contributed by atoms with E-state index in [-0.39, 0.29) is 12.4 Å². The molecule has 4 heterocycles. The third kappa shape index (κ3) is 2.15. The van der Waals surface area contributed by atoms with Gasteiger partial charge in [-0.25, -0.2) is 13.8 Å². The minimum absolute atomic E-state index is 0.239. The van der Waals surface area contributed by atoms with Crippen LogP contribution in [0.1, 0.15) is 5.69 Å². The van der Waals surface area contributed by atoms with Crippen LogP contribution >= 0.6 is 0 Å². The van der Waals surface area contributed by atoms with Crippen molar-refractivity contribution in [1.82, 2.24) is 25.0 Å². The number of aromatic nitrogens is 5. The largest absolute Gasteiger partial charge is 0.265 e. The monoisotopic (exact) mass is 337 g/mol. The highest BCUT2D eigenvalue weighted by molar-refractivity contribution is 5.97. The summed E-state index contributed by atoms with van der Waals surface area (Å²) in [4.78, 5) is 4.27. The molecular weight excluding hydrogens is 324 g/mol. The van der Waals surface area contributed by atoms with Crippen LogP contribution in [-0.4, -0.2) is 31.1 Å². The van der Waals surface area contributed by atoms with Crippen LogP contribution < -0.4 is 0 Å². The molecule has 1 aromatic carbocycles. The van der Waals surface area contributed by atoms with Gasteiger partial charge >= 0.3 is 0 Å². The molecule has 0 radical (unpaired) electrons. The summed E-state index contributed by atoms with van der Waals surface area (Å²) in [5.41, 5.74) is 4.78. The van der Waals surface area contributed by atoms with E-state index in [0.717, 1.165) is 33.5 Å². The van der Waals surface area contributed by atoms with Gasteiger partial charge < -0.3 is 0 Å². The average molecular weight is 337 g/mol. The van der Waals surface area contributed by atoms with Crippen molar-refractivity contribution >= 4 is 11.0 Å². The summed E-state index contributed by atoms with van der Waals surface area (Å²) in [6, 6.07) is 8.08. The zero-order chi connectivity index (χ0) is 17.0. The number of halogens is 2. The molecule has 0 spiro atoms. The molecule has 7 heteroatoms. The molecule has 5 nitrogen and oxygen atoms in total. The summed E-state index contributed by atoms with van der Waals surface area (Å²) in [5.74, 6) is -0.304. The molecule has 0 amide bonds. The summed E-state index contributed by atoms with van der Waals surface area (Å²) in [6.45, 7) is 0.239. The SMILES string of the molecule is Fc1ccc(-c2nn3c(c2-c2ccnc4[nH]ncc24)C[C@H](F)C3)cc1. The van der Waals surface area contributed by atoms with Gasteiger partial charge in [0.05, 0.1) is 12.7 Å². The molecule has 0 saturated heterocycles. The third-order valence-electron chi connectivity index (χ3n) is 4.58. The van der Waals surface area contributed by atoms with Crippen molar-refractivity contribution in [3.05, 3.63) is 54.2 Å². The molecule has 0 fully saturated rings. The van der Waals surface area contributed by atoms with Crippen molar-refractivity contribution in [1.29, 1.82) is 0 Å². The molecule has 0 aliphatic carbocycles. The Hall–Kier alpha value is -3.09. The highest BCUT2D eigenvalue weighted by Gasteiger charge is 2.30. The first-order valence-corrected chi connectivity index (χ1v) is 7.99. The Labute approximate surface area is 141 Å². The van der Waals surface area contributed by atoms with Crippen LogP contribution in [0.4, 0.5) is 8.78 Å². The number of fused-ring (bicyclic) bond motifs is 2. The van der Waals surface area contributed by atoms with Gasteiger partial charge in [0.25, 0.3) is 0 Å². The summed E-state index contributed by atoms with van der Waals surface area (Å²) < 4.78 is 29.0. The molecule has 4 aromatic rings. The van der Waals surface area contributed by atoms with E-state index in [0.29, 0.717) is 12.1 Å². The van der Waals surface area contributed by atoms with Gasteiger partial charge in [-0.2, -0.15) is 10.2 Å². The predicted molar refractivity (Wildman–Crippen MR) is 89.1 cm³/mol. The lowest BCUT2D eigenvalue weighted by Crippen LogP contribution is -2.03. The molecule has 1 aliphatic rings. The number of rotatable bonds is 2. The van der Waals surface area contributed by atoms with Crippen molar-refractivity contribution in [2.75, 3.05) is 0 Å². The van der Waals surface area contributed by atoms with Crippen molar-refractivity contribution in [2.45, 2.75) is 19.1 Å². The molecule has 1 aliphatic heterocycles. The van der Waals surface area contributed by atoms with Crippen LogP contribution in [0.3, 0.4) is 0 Å². The van der Waals surface area contributed by atoms with E-state index in [1.54, 1.807) is 29.2 Å². The first-order valence-electron chi connectivity index (χ1n) is 7.99. The van der Waals surface area contributed by atoms with Gasteiger partial charge in [0.15, 0.2) is 5.65 Å². The summed E-state index contributed by atoms with van der Waals surface area (Å²) >= 11 is 0. The Morgan fingerprint density at radius 3 is 2.84 bits per heavy atom. The minimum atomic E-state index is -0.940. The molecule has 1 atom stereocenters. The maximum atomic E-state index is 13.9. The van der Waals surface area contributed by atoms with E-state index in [1.807, 2.05) is 6.07 Å². The van der Waals surface area contributed by atoms with Crippen LogP contribution in [-0.2, 0) is 13.0 Å². The lowest BCUT2D eigenvalue weighted by Gasteiger charge is -2.07. The van der Waals surface area contributed by atoms with Gasteiger partial charge in [-0.1, -0.05) is 0 Å². The van der Waals surface area contributed by atoms with Crippen LogP contribution in [0.15, 0.2) is 42.7 Å². The Kier molecular flexibility index (Phi) is 2.97. The Morgan fingerprint density at radius 2 is 2.00 bits per heavy atom. The number of nitrogens with zero attached hydrogens (tertiary/aromatic N) is 4. The van der Waals surface area contributed by atoms with Crippen molar-refractivity contribution in [3.8, 4) is 22.4 Å². The third-order valence-corrected chi connectivity index (χ3v) is 4.58. The van der Waals surface area contributed by atoms with E-state index in [4.69, 9.17) is 0 Å². The smallest absolute Gasteiger partial charge is 0.155 e. The Morgan fingerprint density at radius 1 is 1.16 bits per heavy atom. The van der Waals surface area contributed by atoms with Gasteiger partial charge in [0.2, 0.25) is 0 Å². The van der Waals surface area contributed by atoms with Crippen molar-refractivity contribution in [3.63, 3.8) is 0 Å². The van der Waals surface area contributed by atoms with E-state index in [2.05, 4.69) is 20.3 Å². The second-order valence-electron chi connectivity index (χ2n) is 6.15. The van der Waals surface area contributed by atoms with Crippen molar-refractivity contribution < 1.29 is 8.78 Å². The fourth-order valence-electron chi connectivity index (χ4n) is 3.48. The van der Waals surface area contributed by atoms with Crippen LogP contribution in [0.25, 0.3) is 33.4 Å². The van der Waals surface area contributed by atoms with Gasteiger partial charge in [0.1, 0.15) is 17.7 Å². The van der Waals surface area contributed by atoms with E-state index in [1.165, 1.54) is 12.1 Å². The van der Waals surface area contributed by atoms with Crippen LogP contribution in [0, 0.1) is 5.82 Å². The molecule has 1 N–H and O–H groups in total. The fourth-order valence-corrected chi connectivity index (χ4v) is 3.48. The molecule has 0 unspecified atom stereocenters. The number of benzene rings is 1. The summed E-state index contributed by atoms with van der Waals surface area (Å²) in [6.07, 6.45) is 2.77. The second-order valence-corrected chi connectivity index (χ2v) is 6.15. The quantitative estimate of drug-likeness (QED) is 0.609. The first-order chi connectivity index (χ1) is 12.2. The van der Waals surface area contributed by atoms with E-state index >= 15 is 0 Å². The van der Waals surface area contributed by atoms with Gasteiger partial charge in [-0.05, 0) is 35.9 Å². The molecular formula is C18H13F2N5. The standard InChI is InChI=1S/C18H13F2N5/c19-11-3-1-10(2-4-11)17-16(15-7-12(20)9-25(15)24-17)13-5-6-21-18-14(13)8-22-23-18/h1-6,8,12H,7,9H2,(H,21,22,23)/t12-/m0/s1. The van der Waals surface area contributed by atoms with Crippen LogP contribution in [0.2, 0.25) is 0 Å². The highest BCUT2D eigenvalue weighted by atomic mass is 19.1. The fraction of sp³-hybridized carbons (Fsp3) is 0.167. The molecule has 124 valence electrons. The predicted octanol–water partition coefficient (Wildman–Crippen LogP) is 3.52. The number of aromatic amines is 1. The van der Waals surface area contributed by atoms with Crippen LogP contribution in [0.5, 0.6) is 0 Å². The Bertz CT molecular complexity index is 1080. The van der Waals surface area contributed by atoms with E-state index in [9.17, 15) is 8.78 Å². The zero-order valence-electron chi connectivity index (χ0n) is 13.1. The lowest BCUT2D eigenvalue weighted by atomic mass is 9.96. The van der Waals surface area contributed by atoms with Gasteiger partial charge in [-0.3, -0.25) is 9.78 Å². The van der Waals surface area contributed by atoms with Crippen molar-refractivity contribution in [2.24, 2.45) is 0 Å². The van der Waals surface area contributed by atoms with Gasteiger partial charge in [0, 0.05) is 34.8 Å². The number of nitrogens with one attached hydrogen (secondary N) is 1. The van der Waals surface area contributed by atoms with Gasteiger partial charge in [-0.15, -0.1) is 0 Å². The molecule has 25 heavy (non-hydrogen) atoms. The number of hydrogen-bond acceptors (Lipinski definition) is 3. The number of alkyl halides is 1. The molecule has 0 bridgehead atoms. The maximum Gasteiger partial charge on any atom is 0.155 e. The average Bonchev–Trinajstić information content (AvgIpc) is 3.29. The minimum Gasteiger partial charge on any atom is -0.265 e. The first kappa shape index (κ1) is 14.3. The van der Waals surface area contributed by atoms with E-state index < -0.39 is 6.17 Å². The number of H-pyrrole nitrogens is 1. The summed E-state index contributed by atoms with van der Waals surface area (Å²) in [5, 5.41) is 12.4. The number of pyridine rings is 1. The molecule has 5 rings (SSSR count).